The molecule has 1 heterocycles. The van der Waals surface area contributed by atoms with E-state index >= 15 is 0 Å². The summed E-state index contributed by atoms with van der Waals surface area (Å²) in [6.45, 7) is 1.16. The van der Waals surface area contributed by atoms with E-state index in [0.717, 1.165) is 11.1 Å². The van der Waals surface area contributed by atoms with E-state index in [1.807, 2.05) is 54.6 Å². The minimum atomic E-state index is -0.727. The molecular weight excluding hydrogens is 395 g/mol. The van der Waals surface area contributed by atoms with E-state index in [0.29, 0.717) is 31.0 Å². The molecular formula is C25H23FN2O3. The van der Waals surface area contributed by atoms with Crippen LogP contribution in [-0.4, -0.2) is 18.4 Å². The van der Waals surface area contributed by atoms with Crippen molar-refractivity contribution in [2.45, 2.75) is 19.6 Å². The van der Waals surface area contributed by atoms with Gasteiger partial charge >= 0.3 is 0 Å². The van der Waals surface area contributed by atoms with Crippen molar-refractivity contribution in [3.05, 3.63) is 95.8 Å². The first-order chi connectivity index (χ1) is 15.1. The molecule has 0 aliphatic carbocycles. The number of carbonyl (C=O) groups excluding carboxylic acids is 2. The lowest BCUT2D eigenvalue weighted by molar-refractivity contribution is -0.132. The van der Waals surface area contributed by atoms with Crippen LogP contribution in [0.2, 0.25) is 0 Å². The second-order valence-electron chi connectivity index (χ2n) is 7.45. The Kier molecular flexibility index (Phi) is 6.26. The Labute approximate surface area is 180 Å². The Morgan fingerprint density at radius 3 is 2.55 bits per heavy atom. The van der Waals surface area contributed by atoms with Crippen molar-refractivity contribution >= 4 is 17.5 Å². The van der Waals surface area contributed by atoms with E-state index < -0.39 is 5.92 Å². The Bertz CT molecular complexity index is 1050. The third-order valence-corrected chi connectivity index (χ3v) is 5.28. The number of carbonyl (C=O) groups is 2. The fourth-order valence-corrected chi connectivity index (χ4v) is 3.58. The minimum absolute atomic E-state index is 0.225. The summed E-state index contributed by atoms with van der Waals surface area (Å²) in [5, 5.41) is 2.78. The van der Waals surface area contributed by atoms with Gasteiger partial charge in [0.05, 0.1) is 0 Å². The fourth-order valence-electron chi connectivity index (χ4n) is 3.58. The normalized spacial score (nSPS) is 15.7. The minimum Gasteiger partial charge on any atom is -0.489 e. The van der Waals surface area contributed by atoms with E-state index in [2.05, 4.69) is 5.32 Å². The smallest absolute Gasteiger partial charge is 0.239 e. The molecule has 2 amide bonds. The molecule has 0 spiro atoms. The maximum absolute atomic E-state index is 13.0. The lowest BCUT2D eigenvalue weighted by Crippen LogP contribution is -2.36. The second kappa shape index (κ2) is 9.43. The van der Waals surface area contributed by atoms with Crippen molar-refractivity contribution in [3.8, 4) is 5.75 Å². The van der Waals surface area contributed by atoms with Gasteiger partial charge in [0.2, 0.25) is 11.8 Å². The molecule has 0 radical (unpaired) electrons. The number of anilines is 1. The largest absolute Gasteiger partial charge is 0.489 e. The molecule has 1 atom stereocenters. The number of amides is 2. The van der Waals surface area contributed by atoms with Gasteiger partial charge in [-0.2, -0.15) is 0 Å². The van der Waals surface area contributed by atoms with Gasteiger partial charge in [-0.15, -0.1) is 0 Å². The standard InChI is InChI=1S/C25H23FN2O3/c26-20-11-9-18(10-12-20)16-27-24(29)23-13-14-28(25(23)30)21-7-4-8-22(15-21)31-17-19-5-2-1-3-6-19/h1-12,15,23H,13-14,16-17H2,(H,27,29)/t23-/m1/s1. The summed E-state index contributed by atoms with van der Waals surface area (Å²) in [6.07, 6.45) is 0.448. The van der Waals surface area contributed by atoms with Crippen LogP contribution >= 0.6 is 0 Å². The number of nitrogens with one attached hydrogen (secondary N) is 1. The number of rotatable bonds is 7. The molecule has 5 nitrogen and oxygen atoms in total. The zero-order chi connectivity index (χ0) is 21.6. The molecule has 1 N–H and O–H groups in total. The van der Waals surface area contributed by atoms with Crippen molar-refractivity contribution < 1.29 is 18.7 Å². The molecule has 3 aromatic carbocycles. The Hall–Kier alpha value is -3.67. The van der Waals surface area contributed by atoms with E-state index in [-0.39, 0.29) is 24.2 Å². The molecule has 0 bridgehead atoms. The zero-order valence-corrected chi connectivity index (χ0v) is 17.0. The second-order valence-corrected chi connectivity index (χ2v) is 7.45. The number of hydrogen-bond acceptors (Lipinski definition) is 3. The van der Waals surface area contributed by atoms with Gasteiger partial charge in [-0.1, -0.05) is 48.5 Å². The van der Waals surface area contributed by atoms with Crippen LogP contribution in [0, 0.1) is 11.7 Å². The Balaban J connectivity index is 1.35. The molecule has 6 heteroatoms. The first-order valence-corrected chi connectivity index (χ1v) is 10.2. The molecule has 1 fully saturated rings. The first kappa shape index (κ1) is 20.6. The van der Waals surface area contributed by atoms with Crippen LogP contribution in [0.5, 0.6) is 5.75 Å². The van der Waals surface area contributed by atoms with Crippen molar-refractivity contribution in [1.82, 2.24) is 5.32 Å². The van der Waals surface area contributed by atoms with Crippen LogP contribution in [0.3, 0.4) is 0 Å². The molecule has 0 aromatic heterocycles. The molecule has 31 heavy (non-hydrogen) atoms. The van der Waals surface area contributed by atoms with Crippen molar-refractivity contribution in [2.75, 3.05) is 11.4 Å². The van der Waals surface area contributed by atoms with E-state index in [9.17, 15) is 14.0 Å². The predicted octanol–water partition coefficient (Wildman–Crippen LogP) is 4.07. The monoisotopic (exact) mass is 418 g/mol. The number of halogens is 1. The lowest BCUT2D eigenvalue weighted by Gasteiger charge is -2.18. The summed E-state index contributed by atoms with van der Waals surface area (Å²) in [5.41, 5.74) is 2.55. The Morgan fingerprint density at radius 2 is 1.77 bits per heavy atom. The molecule has 1 aliphatic heterocycles. The third kappa shape index (κ3) is 5.09. The van der Waals surface area contributed by atoms with Crippen LogP contribution in [0.15, 0.2) is 78.9 Å². The van der Waals surface area contributed by atoms with Crippen LogP contribution < -0.4 is 15.0 Å². The van der Waals surface area contributed by atoms with Crippen LogP contribution in [0.25, 0.3) is 0 Å². The van der Waals surface area contributed by atoms with Crippen molar-refractivity contribution in [2.24, 2.45) is 5.92 Å². The highest BCUT2D eigenvalue weighted by Crippen LogP contribution is 2.28. The maximum Gasteiger partial charge on any atom is 0.239 e. The van der Waals surface area contributed by atoms with Gasteiger partial charge in [0.25, 0.3) is 0 Å². The number of benzene rings is 3. The maximum atomic E-state index is 13.0. The molecule has 3 aromatic rings. The topological polar surface area (TPSA) is 58.6 Å². The molecule has 158 valence electrons. The van der Waals surface area contributed by atoms with Gasteiger partial charge < -0.3 is 15.0 Å². The van der Waals surface area contributed by atoms with Gasteiger partial charge in [-0.3, -0.25) is 9.59 Å². The Morgan fingerprint density at radius 1 is 1.00 bits per heavy atom. The summed E-state index contributed by atoms with van der Waals surface area (Å²) in [4.78, 5) is 27.0. The lowest BCUT2D eigenvalue weighted by atomic mass is 10.1. The van der Waals surface area contributed by atoms with Crippen molar-refractivity contribution in [3.63, 3.8) is 0 Å². The van der Waals surface area contributed by atoms with Gasteiger partial charge in [-0.25, -0.2) is 4.39 Å². The van der Waals surface area contributed by atoms with Gasteiger partial charge in [0.15, 0.2) is 0 Å². The highest BCUT2D eigenvalue weighted by Gasteiger charge is 2.37. The summed E-state index contributed by atoms with van der Waals surface area (Å²) in [7, 11) is 0. The molecule has 1 saturated heterocycles. The summed E-state index contributed by atoms with van der Waals surface area (Å²) in [6, 6.07) is 23.1. The van der Waals surface area contributed by atoms with E-state index in [1.54, 1.807) is 17.0 Å². The molecule has 1 aliphatic rings. The predicted molar refractivity (Wildman–Crippen MR) is 116 cm³/mol. The van der Waals surface area contributed by atoms with Crippen LogP contribution in [0.4, 0.5) is 10.1 Å². The number of hydrogen-bond donors (Lipinski definition) is 1. The molecule has 4 rings (SSSR count). The summed E-state index contributed by atoms with van der Waals surface area (Å²) < 4.78 is 18.9. The van der Waals surface area contributed by atoms with Crippen LogP contribution in [0.1, 0.15) is 17.5 Å². The van der Waals surface area contributed by atoms with Crippen LogP contribution in [-0.2, 0) is 22.7 Å². The highest BCUT2D eigenvalue weighted by atomic mass is 19.1. The quantitative estimate of drug-likeness (QED) is 0.589. The molecule has 0 unspecified atom stereocenters. The fraction of sp³-hybridized carbons (Fsp3) is 0.200. The number of ether oxygens (including phenoxy) is 1. The van der Waals surface area contributed by atoms with E-state index in [4.69, 9.17) is 4.74 Å². The van der Waals surface area contributed by atoms with Gasteiger partial charge in [0, 0.05) is 24.8 Å². The van der Waals surface area contributed by atoms with E-state index in [1.165, 1.54) is 12.1 Å². The summed E-state index contributed by atoms with van der Waals surface area (Å²) >= 11 is 0. The summed E-state index contributed by atoms with van der Waals surface area (Å²) in [5.74, 6) is -0.926. The van der Waals surface area contributed by atoms with Gasteiger partial charge in [-0.05, 0) is 41.8 Å². The third-order valence-electron chi connectivity index (χ3n) is 5.28. The highest BCUT2D eigenvalue weighted by molar-refractivity contribution is 6.09. The number of nitrogens with zero attached hydrogens (tertiary/aromatic N) is 1. The van der Waals surface area contributed by atoms with Crippen molar-refractivity contribution in [1.29, 1.82) is 0 Å². The first-order valence-electron chi connectivity index (χ1n) is 10.2. The average Bonchev–Trinajstić information content (AvgIpc) is 3.19. The zero-order valence-electron chi connectivity index (χ0n) is 17.0. The molecule has 0 saturated carbocycles. The SMILES string of the molecule is O=C(NCc1ccc(F)cc1)[C@H]1CCN(c2cccc(OCc3ccccc3)c2)C1=O. The van der Waals surface area contributed by atoms with Gasteiger partial charge in [0.1, 0.15) is 24.1 Å². The average molecular weight is 418 g/mol.